The third kappa shape index (κ3) is 4.39. The van der Waals surface area contributed by atoms with Crippen molar-refractivity contribution in [3.05, 3.63) is 92.6 Å². The summed E-state index contributed by atoms with van der Waals surface area (Å²) in [5, 5.41) is 21.8. The average Bonchev–Trinajstić information content (AvgIpc) is 2.82. The molecule has 7 nitrogen and oxygen atoms in total. The molecule has 0 amide bonds. The van der Waals surface area contributed by atoms with Crippen LogP contribution in [-0.4, -0.2) is 45.6 Å². The van der Waals surface area contributed by atoms with Gasteiger partial charge in [-0.15, -0.1) is 0 Å². The molecule has 4 aromatic rings. The topological polar surface area (TPSA) is 94.6 Å². The lowest BCUT2D eigenvalue weighted by molar-refractivity contribution is 0.388. The number of rotatable bonds is 4. The van der Waals surface area contributed by atoms with Crippen LogP contribution in [0.15, 0.2) is 59.5 Å². The lowest BCUT2D eigenvalue weighted by atomic mass is 10.0. The Kier molecular flexibility index (Phi) is 5.93. The molecule has 0 saturated carbocycles. The second-order valence-corrected chi connectivity index (χ2v) is 10.8. The Balaban J connectivity index is 1.40. The van der Waals surface area contributed by atoms with E-state index in [2.05, 4.69) is 20.2 Å². The van der Waals surface area contributed by atoms with Gasteiger partial charge in [0.15, 0.2) is 11.5 Å². The molecule has 0 unspecified atom stereocenters. The average molecular weight is 484 g/mol. The fourth-order valence-corrected chi connectivity index (χ4v) is 6.77. The first kappa shape index (κ1) is 22.0. The maximum Gasteiger partial charge on any atom is 0.272 e. The highest BCUT2D eigenvalue weighted by atomic mass is 35.5. The molecule has 0 bridgehead atoms. The first-order valence-electron chi connectivity index (χ1n) is 10.5. The van der Waals surface area contributed by atoms with Crippen LogP contribution in [0.5, 0.6) is 0 Å². The maximum atomic E-state index is 14.8. The fourth-order valence-electron chi connectivity index (χ4n) is 4.24. The summed E-state index contributed by atoms with van der Waals surface area (Å²) in [6, 6.07) is 13.7. The van der Waals surface area contributed by atoms with Crippen LogP contribution in [-0.2, 0) is 6.42 Å². The van der Waals surface area contributed by atoms with Gasteiger partial charge in [0.05, 0.1) is 29.6 Å². The first-order chi connectivity index (χ1) is 15.9. The number of nitrogens with zero attached hydrogens (tertiary/aromatic N) is 4. The smallest absolute Gasteiger partial charge is 0.272 e. The van der Waals surface area contributed by atoms with Gasteiger partial charge in [0.25, 0.3) is 5.56 Å². The zero-order valence-electron chi connectivity index (χ0n) is 17.5. The van der Waals surface area contributed by atoms with Gasteiger partial charge in [-0.05, 0) is 43.3 Å². The number of aromatic amines is 1. The largest absolute Gasteiger partial charge is 0.627 e. The second-order valence-electron chi connectivity index (χ2n) is 8.02. The van der Waals surface area contributed by atoms with Crippen molar-refractivity contribution in [3.8, 4) is 0 Å². The highest BCUT2D eigenvalue weighted by Gasteiger charge is 2.32. The van der Waals surface area contributed by atoms with Gasteiger partial charge < -0.3 is 9.85 Å². The van der Waals surface area contributed by atoms with Crippen molar-refractivity contribution in [2.75, 3.05) is 25.4 Å². The Hall–Kier alpha value is -2.77. The molecule has 2 aromatic heterocycles. The van der Waals surface area contributed by atoms with Crippen LogP contribution in [0.2, 0.25) is 5.28 Å². The van der Waals surface area contributed by atoms with Gasteiger partial charge >= 0.3 is 0 Å². The number of hydrogen-bond donors (Lipinski definition) is 1. The Labute approximate surface area is 195 Å². The van der Waals surface area contributed by atoms with E-state index in [1.165, 1.54) is 6.07 Å². The molecule has 0 atom stereocenters. The van der Waals surface area contributed by atoms with Crippen molar-refractivity contribution in [2.45, 2.75) is 6.42 Å². The van der Waals surface area contributed by atoms with Gasteiger partial charge in [0.2, 0.25) is 5.28 Å². The van der Waals surface area contributed by atoms with E-state index in [-0.39, 0.29) is 29.6 Å². The van der Waals surface area contributed by atoms with Gasteiger partial charge in [-0.25, -0.2) is 19.5 Å². The molecule has 2 aromatic carbocycles. The second kappa shape index (κ2) is 8.88. The molecule has 168 valence electrons. The minimum absolute atomic E-state index is 0.136. The third-order valence-corrected chi connectivity index (χ3v) is 8.55. The van der Waals surface area contributed by atoms with Crippen LogP contribution in [0, 0.1) is 11.0 Å². The van der Waals surface area contributed by atoms with Crippen LogP contribution in [0.1, 0.15) is 11.3 Å². The molecule has 1 aliphatic rings. The molecule has 1 saturated heterocycles. The number of halogens is 2. The van der Waals surface area contributed by atoms with Crippen LogP contribution in [0.25, 0.3) is 10.8 Å². The number of nitrogens with one attached hydrogen (secondary N) is 1. The summed E-state index contributed by atoms with van der Waals surface area (Å²) < 4.78 is 14.1. The number of fused-ring (bicyclic) bond motifs is 1. The first-order valence-corrected chi connectivity index (χ1v) is 12.6. The predicted molar refractivity (Wildman–Crippen MR) is 130 cm³/mol. The van der Waals surface area contributed by atoms with E-state index in [0.29, 0.717) is 29.8 Å². The summed E-state index contributed by atoms with van der Waals surface area (Å²) >= 11 is 5.91. The normalized spacial score (nSPS) is 20.8. The number of hydroxylamine groups is 2. The van der Waals surface area contributed by atoms with Crippen molar-refractivity contribution < 1.29 is 4.39 Å². The lowest BCUT2D eigenvalue weighted by Gasteiger charge is -2.46. The Morgan fingerprint density at radius 2 is 1.88 bits per heavy atom. The molecular formula is C23H20ClFN5O2P. The number of hydrogen-bond acceptors (Lipinski definition) is 5. The van der Waals surface area contributed by atoms with Crippen molar-refractivity contribution in [1.29, 1.82) is 0 Å². The third-order valence-electron chi connectivity index (χ3n) is 5.99. The van der Waals surface area contributed by atoms with Crippen LogP contribution >= 0.6 is 19.5 Å². The molecule has 3 heterocycles. The molecule has 0 spiro atoms. The highest BCUT2D eigenvalue weighted by molar-refractivity contribution is 7.65. The van der Waals surface area contributed by atoms with E-state index in [1.807, 2.05) is 18.2 Å². The minimum atomic E-state index is -0.711. The van der Waals surface area contributed by atoms with E-state index in [0.717, 1.165) is 16.4 Å². The maximum absolute atomic E-state index is 14.8. The van der Waals surface area contributed by atoms with Gasteiger partial charge in [-0.3, -0.25) is 4.79 Å². The van der Waals surface area contributed by atoms with E-state index in [1.54, 1.807) is 30.5 Å². The van der Waals surface area contributed by atoms with Gasteiger partial charge in [-0.1, -0.05) is 24.3 Å². The Bertz CT molecular complexity index is 1390. The summed E-state index contributed by atoms with van der Waals surface area (Å²) in [7, 11) is -0.629. The lowest BCUT2D eigenvalue weighted by Crippen LogP contribution is -2.51. The molecule has 1 N–H and O–H groups in total. The van der Waals surface area contributed by atoms with Crippen LogP contribution in [0.3, 0.4) is 0 Å². The molecule has 1 aliphatic heterocycles. The van der Waals surface area contributed by atoms with Gasteiger partial charge in [0.1, 0.15) is 0 Å². The fraction of sp³-hybridized carbons (Fsp3) is 0.217. The summed E-state index contributed by atoms with van der Waals surface area (Å²) in [6.45, 7) is 0.543. The number of H-pyrrole nitrogens is 1. The van der Waals surface area contributed by atoms with Crippen molar-refractivity contribution in [2.24, 2.45) is 0 Å². The number of quaternary nitrogens is 1. The van der Waals surface area contributed by atoms with Crippen LogP contribution < -0.4 is 15.6 Å². The number of aromatic nitrogens is 4. The van der Waals surface area contributed by atoms with Crippen molar-refractivity contribution in [1.82, 2.24) is 24.8 Å². The molecule has 1 fully saturated rings. The van der Waals surface area contributed by atoms with Crippen molar-refractivity contribution >= 4 is 41.4 Å². The van der Waals surface area contributed by atoms with Crippen molar-refractivity contribution in [3.63, 3.8) is 0 Å². The summed E-state index contributed by atoms with van der Waals surface area (Å²) in [4.78, 5) is 20.3. The highest BCUT2D eigenvalue weighted by Crippen LogP contribution is 2.41. The molecule has 10 heteroatoms. The summed E-state index contributed by atoms with van der Waals surface area (Å²) in [5.41, 5.74) is 2.19. The molecule has 0 aliphatic carbocycles. The molecule has 5 rings (SSSR count). The van der Waals surface area contributed by atoms with Gasteiger partial charge in [-0.2, -0.15) is 5.10 Å². The van der Waals surface area contributed by atoms with Gasteiger partial charge in [0, 0.05) is 36.4 Å². The zero-order chi connectivity index (χ0) is 23.0. The van der Waals surface area contributed by atoms with E-state index in [4.69, 9.17) is 11.6 Å². The quantitative estimate of drug-likeness (QED) is 0.207. The molecular weight excluding hydrogens is 464 g/mol. The van der Waals surface area contributed by atoms with E-state index in [9.17, 15) is 14.4 Å². The summed E-state index contributed by atoms with van der Waals surface area (Å²) in [6.07, 6.45) is 3.28. The Morgan fingerprint density at radius 3 is 2.64 bits per heavy atom. The van der Waals surface area contributed by atoms with Crippen LogP contribution in [0.4, 0.5) is 10.1 Å². The van der Waals surface area contributed by atoms with E-state index < -0.39 is 18.4 Å². The number of benzene rings is 2. The minimum Gasteiger partial charge on any atom is -0.627 e. The predicted octanol–water partition coefficient (Wildman–Crippen LogP) is 3.72. The Morgan fingerprint density at radius 1 is 1.12 bits per heavy atom. The monoisotopic (exact) mass is 483 g/mol. The zero-order valence-corrected chi connectivity index (χ0v) is 19.2. The summed E-state index contributed by atoms with van der Waals surface area (Å²) in [5.74, 6) is -0.510. The SMILES string of the molecule is O=c1[nH]nc(Cc2ccc(F)c([N+]3([O-])CCP(c4ccnc(Cl)n4)CC3)c2)c2ccccc12. The standard InChI is InChI=1S/C23H20ClFN5O2P/c24-23-26-8-7-21(27-23)33-11-9-30(32,10-12-33)20-14-15(5-6-18(20)25)13-19-16-3-1-2-4-17(16)22(31)29-28-19/h1-8,14H,9-13H2,(H,29,31). The van der Waals surface area contributed by atoms with E-state index >= 15 is 0 Å². The molecule has 33 heavy (non-hydrogen) atoms. The molecule has 0 radical (unpaired) electrons.